The van der Waals surface area contributed by atoms with Gasteiger partial charge in [0.15, 0.2) is 9.91 Å². The first kappa shape index (κ1) is 18.5. The first-order chi connectivity index (χ1) is 11.2. The maximum Gasteiger partial charge on any atom is 0.319 e. The van der Waals surface area contributed by atoms with Crippen LogP contribution in [0.4, 0.5) is 0 Å². The topological polar surface area (TPSA) is 88.2 Å². The second-order valence-electron chi connectivity index (χ2n) is 5.74. The zero-order chi connectivity index (χ0) is 17.9. The van der Waals surface area contributed by atoms with E-state index < -0.39 is 10.7 Å². The number of carbonyl (C=O) groups is 1. The minimum absolute atomic E-state index is 0.0113. The summed E-state index contributed by atoms with van der Waals surface area (Å²) in [4.78, 5) is 12.7. The summed E-state index contributed by atoms with van der Waals surface area (Å²) in [7, 11) is 0. The molecule has 0 heterocycles. The number of carboxylic acid groups (broad SMARTS) is 1. The van der Waals surface area contributed by atoms with E-state index in [1.54, 1.807) is 13.8 Å². The number of carboxylic acids is 1. The van der Waals surface area contributed by atoms with Crippen LogP contribution in [0, 0.1) is 10.8 Å². The fraction of sp³-hybridized carbons (Fsp3) is 0.235. The number of amidine groups is 2. The average molecular weight is 408 g/mol. The number of hydrogen-bond acceptors (Lipinski definition) is 4. The Morgan fingerprint density at radius 3 is 2.46 bits per heavy atom. The number of hydrogen-bond donors (Lipinski definition) is 3. The number of nitrogens with zero attached hydrogens (tertiary/aromatic N) is 1. The number of rotatable bonds is 4. The van der Waals surface area contributed by atoms with E-state index in [-0.39, 0.29) is 9.91 Å². The molecule has 0 amide bonds. The summed E-state index contributed by atoms with van der Waals surface area (Å²) in [6, 6.07) is 13.8. The van der Waals surface area contributed by atoms with Crippen molar-refractivity contribution in [3.63, 3.8) is 0 Å². The highest BCUT2D eigenvalue weighted by Crippen LogP contribution is 2.29. The van der Waals surface area contributed by atoms with Crippen molar-refractivity contribution < 1.29 is 9.90 Å². The molecule has 2 aromatic rings. The molecule has 126 valence electrons. The van der Waals surface area contributed by atoms with Gasteiger partial charge in [-0.05, 0) is 46.1 Å². The number of fused-ring (bicyclic) bond motifs is 1. The molecule has 0 fully saturated rings. The summed E-state index contributed by atoms with van der Waals surface area (Å²) in [6.45, 7) is 3.40. The third-order valence-electron chi connectivity index (χ3n) is 3.56. The maximum absolute atomic E-state index is 11.3. The van der Waals surface area contributed by atoms with Crippen LogP contribution in [0.2, 0.25) is 0 Å². The molecule has 2 rings (SSSR count). The standard InChI is InChI=1S/C17H18BrN3O2S/c1-17(2,14(22)23)24-16(20)21(15(18)19)10-12-8-5-7-11-6-3-4-9-13(11)12/h3-9,19-20H,10H2,1-2H3,(H,22,23). The fourth-order valence-corrected chi connectivity index (χ4v) is 3.43. The number of aliphatic carboxylic acids is 1. The molecule has 0 saturated heterocycles. The predicted molar refractivity (Wildman–Crippen MR) is 103 cm³/mol. The molecule has 0 aliphatic carbocycles. The fourth-order valence-electron chi connectivity index (χ4n) is 2.17. The van der Waals surface area contributed by atoms with Crippen LogP contribution >= 0.6 is 27.7 Å². The summed E-state index contributed by atoms with van der Waals surface area (Å²) in [5.41, 5.74) is 0.968. The van der Waals surface area contributed by atoms with Gasteiger partial charge in [0.1, 0.15) is 4.75 Å². The van der Waals surface area contributed by atoms with Crippen molar-refractivity contribution in [3.05, 3.63) is 48.0 Å². The molecule has 0 saturated carbocycles. The number of nitrogens with one attached hydrogen (secondary N) is 2. The van der Waals surface area contributed by atoms with Crippen LogP contribution in [0.25, 0.3) is 10.8 Å². The van der Waals surface area contributed by atoms with Crippen molar-refractivity contribution in [1.82, 2.24) is 4.90 Å². The Morgan fingerprint density at radius 2 is 1.83 bits per heavy atom. The maximum atomic E-state index is 11.3. The van der Waals surface area contributed by atoms with Crippen molar-refractivity contribution in [2.45, 2.75) is 25.1 Å². The van der Waals surface area contributed by atoms with Gasteiger partial charge < -0.3 is 5.11 Å². The molecule has 0 radical (unpaired) electrons. The van der Waals surface area contributed by atoms with Gasteiger partial charge >= 0.3 is 5.97 Å². The molecule has 0 aliphatic heterocycles. The molecule has 24 heavy (non-hydrogen) atoms. The van der Waals surface area contributed by atoms with Crippen LogP contribution in [0.3, 0.4) is 0 Å². The lowest BCUT2D eigenvalue weighted by atomic mass is 10.0. The first-order valence-electron chi connectivity index (χ1n) is 7.21. The second-order valence-corrected chi connectivity index (χ2v) is 8.10. The largest absolute Gasteiger partial charge is 0.480 e. The Morgan fingerprint density at radius 1 is 1.21 bits per heavy atom. The highest BCUT2D eigenvalue weighted by atomic mass is 79.9. The molecule has 0 unspecified atom stereocenters. The molecule has 0 atom stereocenters. The quantitative estimate of drug-likeness (QED) is 0.395. The van der Waals surface area contributed by atoms with Crippen LogP contribution in [-0.4, -0.2) is 30.6 Å². The van der Waals surface area contributed by atoms with E-state index in [0.717, 1.165) is 28.1 Å². The molecule has 5 nitrogen and oxygen atoms in total. The van der Waals surface area contributed by atoms with E-state index in [0.29, 0.717) is 6.54 Å². The Balaban J connectivity index is 2.30. The first-order valence-corrected chi connectivity index (χ1v) is 8.82. The predicted octanol–water partition coefficient (Wildman–Crippen LogP) is 4.50. The van der Waals surface area contributed by atoms with Crippen LogP contribution < -0.4 is 0 Å². The lowest BCUT2D eigenvalue weighted by molar-refractivity contribution is -0.138. The molecule has 2 aromatic carbocycles. The van der Waals surface area contributed by atoms with Crippen molar-refractivity contribution >= 4 is 54.3 Å². The molecule has 0 spiro atoms. The summed E-state index contributed by atoms with van der Waals surface area (Å²) in [5.74, 6) is -0.997. The van der Waals surface area contributed by atoms with Gasteiger partial charge in [-0.3, -0.25) is 20.5 Å². The van der Waals surface area contributed by atoms with Gasteiger partial charge in [0, 0.05) is 0 Å². The van der Waals surface area contributed by atoms with Gasteiger partial charge in [0.25, 0.3) is 0 Å². The summed E-state index contributed by atoms with van der Waals surface area (Å²) < 4.78 is -1.12. The van der Waals surface area contributed by atoms with Crippen LogP contribution in [0.1, 0.15) is 19.4 Å². The lowest BCUT2D eigenvalue weighted by Gasteiger charge is -2.27. The third-order valence-corrected chi connectivity index (χ3v) is 5.08. The molecule has 0 bridgehead atoms. The minimum atomic E-state index is -1.14. The second kappa shape index (κ2) is 7.36. The smallest absolute Gasteiger partial charge is 0.319 e. The van der Waals surface area contributed by atoms with Gasteiger partial charge in [0.05, 0.1) is 6.54 Å². The van der Waals surface area contributed by atoms with E-state index in [1.165, 1.54) is 4.90 Å². The summed E-state index contributed by atoms with van der Waals surface area (Å²) in [5, 5.41) is 27.5. The zero-order valence-corrected chi connectivity index (χ0v) is 15.7. The van der Waals surface area contributed by atoms with Crippen LogP contribution in [0.5, 0.6) is 0 Å². The van der Waals surface area contributed by atoms with E-state index in [4.69, 9.17) is 10.8 Å². The van der Waals surface area contributed by atoms with Gasteiger partial charge in [-0.15, -0.1) is 0 Å². The van der Waals surface area contributed by atoms with Crippen LogP contribution in [0.15, 0.2) is 42.5 Å². The van der Waals surface area contributed by atoms with Crippen molar-refractivity contribution in [2.24, 2.45) is 0 Å². The number of thioether (sulfide) groups is 1. The van der Waals surface area contributed by atoms with Crippen molar-refractivity contribution in [2.75, 3.05) is 0 Å². The number of halogens is 1. The van der Waals surface area contributed by atoms with E-state index in [9.17, 15) is 9.90 Å². The molecule has 3 N–H and O–H groups in total. The Kier molecular flexibility index (Phi) is 5.66. The molecule has 0 aliphatic rings. The Bertz CT molecular complexity index is 802. The van der Waals surface area contributed by atoms with Gasteiger partial charge in [-0.1, -0.05) is 54.2 Å². The van der Waals surface area contributed by atoms with Gasteiger partial charge in [-0.2, -0.15) is 0 Å². The zero-order valence-electron chi connectivity index (χ0n) is 13.3. The SMILES string of the molecule is CC(C)(SC(=N)N(Cc1cccc2ccccc12)C(=N)Br)C(=O)O. The van der Waals surface area contributed by atoms with Gasteiger partial charge in [-0.25, -0.2) is 0 Å². The third kappa shape index (κ3) is 4.15. The minimum Gasteiger partial charge on any atom is -0.480 e. The monoisotopic (exact) mass is 407 g/mol. The lowest BCUT2D eigenvalue weighted by Crippen LogP contribution is -2.36. The van der Waals surface area contributed by atoms with Crippen molar-refractivity contribution in [3.8, 4) is 0 Å². The van der Waals surface area contributed by atoms with E-state index in [2.05, 4.69) is 15.9 Å². The highest BCUT2D eigenvalue weighted by Gasteiger charge is 2.32. The molecule has 7 heteroatoms. The summed E-state index contributed by atoms with van der Waals surface area (Å²) in [6.07, 6.45) is 0. The normalized spacial score (nSPS) is 11.3. The molecular formula is C17H18BrN3O2S. The average Bonchev–Trinajstić information content (AvgIpc) is 2.51. The van der Waals surface area contributed by atoms with E-state index in [1.807, 2.05) is 42.5 Å². The summed E-state index contributed by atoms with van der Waals surface area (Å²) >= 11 is 4.03. The van der Waals surface area contributed by atoms with E-state index >= 15 is 0 Å². The number of benzene rings is 2. The Labute approximate surface area is 153 Å². The van der Waals surface area contributed by atoms with Crippen molar-refractivity contribution in [1.29, 1.82) is 10.8 Å². The highest BCUT2D eigenvalue weighted by molar-refractivity contribution is 9.18. The van der Waals surface area contributed by atoms with Gasteiger partial charge in [0.2, 0.25) is 0 Å². The Hall–Kier alpha value is -1.86. The molecular weight excluding hydrogens is 390 g/mol. The van der Waals surface area contributed by atoms with Crippen LogP contribution in [-0.2, 0) is 11.3 Å². The molecule has 0 aromatic heterocycles.